The lowest BCUT2D eigenvalue weighted by molar-refractivity contribution is 0.376. The maximum absolute atomic E-state index is 6.04. The maximum atomic E-state index is 6.04. The summed E-state index contributed by atoms with van der Waals surface area (Å²) in [5, 5.41) is 2.46. The maximum Gasteiger partial charge on any atom is 0.136 e. The lowest BCUT2D eigenvalue weighted by Crippen LogP contribution is -2.40. The van der Waals surface area contributed by atoms with Gasteiger partial charge in [-0.2, -0.15) is 0 Å². The monoisotopic (exact) mass is 288 g/mol. The van der Waals surface area contributed by atoms with Crippen molar-refractivity contribution in [2.75, 3.05) is 11.4 Å². The molecule has 1 aromatic heterocycles. The number of anilines is 1. The molecule has 1 aromatic carbocycles. The van der Waals surface area contributed by atoms with Crippen molar-refractivity contribution in [1.82, 2.24) is 4.98 Å². The van der Waals surface area contributed by atoms with Crippen molar-refractivity contribution in [1.29, 1.82) is 0 Å². The Morgan fingerprint density at radius 2 is 2.00 bits per heavy atom. The van der Waals surface area contributed by atoms with Crippen LogP contribution in [0.5, 0.6) is 0 Å². The highest BCUT2D eigenvalue weighted by molar-refractivity contribution is 6.18. The molecule has 106 valence electrons. The van der Waals surface area contributed by atoms with E-state index in [2.05, 4.69) is 43.0 Å². The van der Waals surface area contributed by atoms with Crippen molar-refractivity contribution < 1.29 is 0 Å². The number of pyridine rings is 1. The van der Waals surface area contributed by atoms with Gasteiger partial charge in [-0.25, -0.2) is 4.98 Å². The topological polar surface area (TPSA) is 16.1 Å². The Kier molecular flexibility index (Phi) is 3.84. The van der Waals surface area contributed by atoms with Gasteiger partial charge < -0.3 is 4.90 Å². The van der Waals surface area contributed by atoms with E-state index in [4.69, 9.17) is 16.6 Å². The minimum absolute atomic E-state index is 0.514. The first-order valence-electron chi connectivity index (χ1n) is 7.40. The molecule has 3 rings (SSSR count). The van der Waals surface area contributed by atoms with E-state index in [1.54, 1.807) is 0 Å². The van der Waals surface area contributed by atoms with Gasteiger partial charge >= 0.3 is 0 Å². The minimum Gasteiger partial charge on any atom is -0.353 e. The summed E-state index contributed by atoms with van der Waals surface area (Å²) in [7, 11) is 0. The number of nitrogens with zero attached hydrogens (tertiary/aromatic N) is 2. The highest BCUT2D eigenvalue weighted by Crippen LogP contribution is 2.33. The molecule has 3 heteroatoms. The van der Waals surface area contributed by atoms with Crippen molar-refractivity contribution in [3.8, 4) is 0 Å². The average Bonchev–Trinajstić information content (AvgIpc) is 2.47. The number of hydrogen-bond acceptors (Lipinski definition) is 2. The van der Waals surface area contributed by atoms with E-state index in [0.29, 0.717) is 11.9 Å². The second-order valence-corrected chi connectivity index (χ2v) is 6.23. The fourth-order valence-corrected chi connectivity index (χ4v) is 3.51. The van der Waals surface area contributed by atoms with Crippen LogP contribution in [0, 0.1) is 5.92 Å². The van der Waals surface area contributed by atoms with Gasteiger partial charge in [-0.15, -0.1) is 11.6 Å². The fourth-order valence-electron chi connectivity index (χ4n) is 3.29. The number of aromatic nitrogens is 1. The molecule has 2 atom stereocenters. The van der Waals surface area contributed by atoms with Crippen LogP contribution in [-0.4, -0.2) is 17.6 Å². The second kappa shape index (κ2) is 5.61. The molecule has 2 heterocycles. The van der Waals surface area contributed by atoms with Crippen LogP contribution in [0.15, 0.2) is 30.5 Å². The molecular formula is C17H21ClN2. The normalized spacial score (nSPS) is 23.2. The number of rotatable bonds is 2. The van der Waals surface area contributed by atoms with Gasteiger partial charge in [0.2, 0.25) is 0 Å². The molecule has 0 spiro atoms. The highest BCUT2D eigenvalue weighted by atomic mass is 35.5. The molecule has 2 aromatic rings. The Bertz CT molecular complexity index is 611. The van der Waals surface area contributed by atoms with Crippen molar-refractivity contribution in [3.05, 3.63) is 36.0 Å². The van der Waals surface area contributed by atoms with E-state index in [0.717, 1.165) is 23.8 Å². The standard InChI is InChI=1S/C17H21ClN2/c1-12-7-8-20(13(2)9-12)17-16-6-4-3-5-15(16)14(10-18)11-19-17/h3-6,11-13H,7-10H2,1-2H3. The van der Waals surface area contributed by atoms with Gasteiger partial charge in [-0.1, -0.05) is 31.2 Å². The van der Waals surface area contributed by atoms with E-state index in [1.807, 2.05) is 6.20 Å². The summed E-state index contributed by atoms with van der Waals surface area (Å²) in [6, 6.07) is 9.03. The van der Waals surface area contributed by atoms with E-state index >= 15 is 0 Å². The molecule has 1 aliphatic rings. The lowest BCUT2D eigenvalue weighted by Gasteiger charge is -2.38. The van der Waals surface area contributed by atoms with Crippen LogP contribution in [0.25, 0.3) is 10.8 Å². The predicted octanol–water partition coefficient (Wildman–Crippen LogP) is 4.60. The summed E-state index contributed by atoms with van der Waals surface area (Å²) in [5.41, 5.74) is 1.11. The summed E-state index contributed by atoms with van der Waals surface area (Å²) in [4.78, 5) is 7.18. The van der Waals surface area contributed by atoms with Gasteiger partial charge in [0.1, 0.15) is 5.82 Å². The molecule has 0 saturated carbocycles. The Morgan fingerprint density at radius 3 is 2.70 bits per heavy atom. The largest absolute Gasteiger partial charge is 0.353 e. The summed E-state index contributed by atoms with van der Waals surface area (Å²) >= 11 is 6.04. The first-order chi connectivity index (χ1) is 9.70. The van der Waals surface area contributed by atoms with Gasteiger partial charge in [-0.05, 0) is 36.6 Å². The van der Waals surface area contributed by atoms with Crippen LogP contribution < -0.4 is 4.90 Å². The molecule has 0 bridgehead atoms. The highest BCUT2D eigenvalue weighted by Gasteiger charge is 2.25. The lowest BCUT2D eigenvalue weighted by atomic mass is 9.93. The van der Waals surface area contributed by atoms with Crippen molar-refractivity contribution >= 4 is 28.2 Å². The second-order valence-electron chi connectivity index (χ2n) is 5.96. The SMILES string of the molecule is CC1CCN(c2ncc(CCl)c3ccccc23)C(C)C1. The summed E-state index contributed by atoms with van der Waals surface area (Å²) < 4.78 is 0. The van der Waals surface area contributed by atoms with Crippen LogP contribution in [0.2, 0.25) is 0 Å². The molecule has 0 radical (unpaired) electrons. The van der Waals surface area contributed by atoms with E-state index in [-0.39, 0.29) is 0 Å². The summed E-state index contributed by atoms with van der Waals surface area (Å²) in [6.07, 6.45) is 4.43. The predicted molar refractivity (Wildman–Crippen MR) is 86.5 cm³/mol. The quantitative estimate of drug-likeness (QED) is 0.751. The minimum atomic E-state index is 0.514. The Labute approximate surface area is 125 Å². The molecule has 1 fully saturated rings. The Morgan fingerprint density at radius 1 is 1.25 bits per heavy atom. The van der Waals surface area contributed by atoms with Gasteiger partial charge in [-0.3, -0.25) is 0 Å². The zero-order chi connectivity index (χ0) is 14.1. The number of fused-ring (bicyclic) bond motifs is 1. The van der Waals surface area contributed by atoms with Gasteiger partial charge in [0.15, 0.2) is 0 Å². The van der Waals surface area contributed by atoms with E-state index in [9.17, 15) is 0 Å². The van der Waals surface area contributed by atoms with Crippen molar-refractivity contribution in [2.24, 2.45) is 5.92 Å². The van der Waals surface area contributed by atoms with Crippen molar-refractivity contribution in [2.45, 2.75) is 38.6 Å². The van der Waals surface area contributed by atoms with Gasteiger partial charge in [0.25, 0.3) is 0 Å². The number of hydrogen-bond donors (Lipinski definition) is 0. The van der Waals surface area contributed by atoms with Gasteiger partial charge in [0.05, 0.1) is 0 Å². The number of alkyl halides is 1. The third kappa shape index (κ3) is 2.37. The van der Waals surface area contributed by atoms with Crippen LogP contribution in [0.1, 0.15) is 32.3 Å². The molecule has 1 saturated heterocycles. The van der Waals surface area contributed by atoms with Crippen molar-refractivity contribution in [3.63, 3.8) is 0 Å². The summed E-state index contributed by atoms with van der Waals surface area (Å²) in [6.45, 7) is 5.75. The zero-order valence-corrected chi connectivity index (χ0v) is 12.9. The third-order valence-corrected chi connectivity index (χ3v) is 4.70. The molecule has 20 heavy (non-hydrogen) atoms. The van der Waals surface area contributed by atoms with E-state index < -0.39 is 0 Å². The molecule has 0 aliphatic carbocycles. The molecule has 0 N–H and O–H groups in total. The molecule has 2 unspecified atom stereocenters. The smallest absolute Gasteiger partial charge is 0.136 e. The Hall–Kier alpha value is -1.28. The van der Waals surface area contributed by atoms with Gasteiger partial charge in [0, 0.05) is 30.0 Å². The molecule has 2 nitrogen and oxygen atoms in total. The molecular weight excluding hydrogens is 268 g/mol. The van der Waals surface area contributed by atoms with Crippen LogP contribution in [-0.2, 0) is 5.88 Å². The van der Waals surface area contributed by atoms with Crippen LogP contribution in [0.4, 0.5) is 5.82 Å². The zero-order valence-electron chi connectivity index (χ0n) is 12.1. The average molecular weight is 289 g/mol. The molecule has 1 aliphatic heterocycles. The molecule has 0 amide bonds. The Balaban J connectivity index is 2.08. The fraction of sp³-hybridized carbons (Fsp3) is 0.471. The summed E-state index contributed by atoms with van der Waals surface area (Å²) in [5.74, 6) is 2.45. The van der Waals surface area contributed by atoms with Crippen LogP contribution >= 0.6 is 11.6 Å². The number of halogens is 1. The number of benzene rings is 1. The first-order valence-corrected chi connectivity index (χ1v) is 7.93. The number of piperidine rings is 1. The first kappa shape index (κ1) is 13.7. The van der Waals surface area contributed by atoms with E-state index in [1.165, 1.54) is 23.6 Å². The third-order valence-electron chi connectivity index (χ3n) is 4.41. The van der Waals surface area contributed by atoms with Crippen LogP contribution in [0.3, 0.4) is 0 Å².